The van der Waals surface area contributed by atoms with E-state index in [1.54, 1.807) is 24.3 Å². The zero-order chi connectivity index (χ0) is 28.3. The summed E-state index contributed by atoms with van der Waals surface area (Å²) in [5.74, 6) is 1.48. The lowest BCUT2D eigenvalue weighted by molar-refractivity contribution is -0.113. The van der Waals surface area contributed by atoms with E-state index in [1.165, 1.54) is 28.0 Å². The number of ether oxygens (including phenoxy) is 1. The molecule has 0 saturated heterocycles. The molecule has 1 aliphatic rings. The van der Waals surface area contributed by atoms with Gasteiger partial charge in [-0.3, -0.25) is 9.36 Å². The summed E-state index contributed by atoms with van der Waals surface area (Å²) >= 11 is 15.1. The number of thioether (sulfide) groups is 1. The Morgan fingerprint density at radius 2 is 2.18 bits per heavy atom. The normalized spacial score (nSPS) is 15.8. The number of carbonyl (C=O) groups is 1. The number of nitrogens with zero attached hydrogens (tertiary/aromatic N) is 4. The third-order valence-corrected chi connectivity index (χ3v) is 9.49. The summed E-state index contributed by atoms with van der Waals surface area (Å²) < 4.78 is 7.87. The zero-order valence-corrected chi connectivity index (χ0v) is 25.5. The number of benzene rings is 1. The molecular formula is C28H31Cl2N5O2S2. The average Bonchev–Trinajstić information content (AvgIpc) is 3.44. The predicted molar refractivity (Wildman–Crippen MR) is 159 cm³/mol. The first-order chi connectivity index (χ1) is 18.5. The number of amides is 1. The first-order valence-electron chi connectivity index (χ1n) is 12.6. The van der Waals surface area contributed by atoms with Crippen molar-refractivity contribution in [2.24, 2.45) is 11.3 Å². The van der Waals surface area contributed by atoms with Crippen LogP contribution >= 0.6 is 46.3 Å². The molecule has 0 spiro atoms. The van der Waals surface area contributed by atoms with Crippen molar-refractivity contribution in [2.75, 3.05) is 11.1 Å². The summed E-state index contributed by atoms with van der Waals surface area (Å²) in [6.45, 7) is 12.9. The van der Waals surface area contributed by atoms with Crippen molar-refractivity contribution < 1.29 is 9.53 Å². The lowest BCUT2D eigenvalue weighted by atomic mass is 9.72. The predicted octanol–water partition coefficient (Wildman–Crippen LogP) is 7.73. The summed E-state index contributed by atoms with van der Waals surface area (Å²) in [5.41, 5.74) is 1.90. The second-order valence-corrected chi connectivity index (χ2v) is 13.4. The van der Waals surface area contributed by atoms with Crippen LogP contribution in [0.15, 0.2) is 36.0 Å². The van der Waals surface area contributed by atoms with Crippen LogP contribution in [-0.2, 0) is 24.2 Å². The van der Waals surface area contributed by atoms with Gasteiger partial charge in [-0.25, -0.2) is 0 Å². The second-order valence-electron chi connectivity index (χ2n) is 10.5. The molecule has 1 aliphatic carbocycles. The topological polar surface area (TPSA) is 92.8 Å². The minimum absolute atomic E-state index is 0.114. The average molecular weight is 605 g/mol. The molecule has 1 amide bonds. The van der Waals surface area contributed by atoms with Gasteiger partial charge in [0.05, 0.1) is 16.3 Å². The molecule has 2 atom stereocenters. The number of allylic oxidation sites excluding steroid dienone is 1. The summed E-state index contributed by atoms with van der Waals surface area (Å²) in [6, 6.07) is 7.33. The number of hydrogen-bond acceptors (Lipinski definition) is 7. The molecule has 2 aromatic heterocycles. The molecule has 0 fully saturated rings. The Balaban J connectivity index is 1.44. The summed E-state index contributed by atoms with van der Waals surface area (Å²) in [6.07, 6.45) is 4.12. The van der Waals surface area contributed by atoms with Gasteiger partial charge in [-0.1, -0.05) is 61.8 Å². The number of fused-ring (bicyclic) bond motifs is 1. The third-order valence-electron chi connectivity index (χ3n) is 6.80. The fraction of sp³-hybridized carbons (Fsp3) is 0.429. The number of aromatic nitrogens is 3. The van der Waals surface area contributed by atoms with Crippen molar-refractivity contribution in [1.29, 1.82) is 5.26 Å². The van der Waals surface area contributed by atoms with Crippen LogP contribution in [0.5, 0.6) is 5.75 Å². The first-order valence-corrected chi connectivity index (χ1v) is 15.2. The minimum Gasteiger partial charge on any atom is -0.481 e. The van der Waals surface area contributed by atoms with E-state index in [0.29, 0.717) is 49.8 Å². The Kier molecular flexibility index (Phi) is 9.33. The molecule has 0 aliphatic heterocycles. The van der Waals surface area contributed by atoms with Gasteiger partial charge in [0.25, 0.3) is 0 Å². The fourth-order valence-electron chi connectivity index (χ4n) is 4.64. The molecule has 7 nitrogen and oxygen atoms in total. The monoisotopic (exact) mass is 603 g/mol. The summed E-state index contributed by atoms with van der Waals surface area (Å²) in [5, 5.41) is 23.6. The van der Waals surface area contributed by atoms with Gasteiger partial charge in [0.2, 0.25) is 5.91 Å². The molecule has 1 aromatic carbocycles. The van der Waals surface area contributed by atoms with Crippen LogP contribution in [0, 0.1) is 22.7 Å². The second kappa shape index (κ2) is 12.3. The lowest BCUT2D eigenvalue weighted by Crippen LogP contribution is -2.26. The highest BCUT2D eigenvalue weighted by Gasteiger charge is 2.32. The lowest BCUT2D eigenvalue weighted by Gasteiger charge is -2.33. The van der Waals surface area contributed by atoms with Gasteiger partial charge in [-0.15, -0.1) is 28.1 Å². The van der Waals surface area contributed by atoms with Crippen LogP contribution in [0.1, 0.15) is 62.0 Å². The molecule has 39 heavy (non-hydrogen) atoms. The molecule has 4 rings (SSSR count). The molecule has 2 unspecified atom stereocenters. The van der Waals surface area contributed by atoms with E-state index in [4.69, 9.17) is 27.9 Å². The highest BCUT2D eigenvalue weighted by molar-refractivity contribution is 7.99. The maximum atomic E-state index is 12.9. The van der Waals surface area contributed by atoms with Crippen molar-refractivity contribution in [2.45, 2.75) is 64.8 Å². The first kappa shape index (κ1) is 29.5. The quantitative estimate of drug-likeness (QED) is 0.199. The van der Waals surface area contributed by atoms with Gasteiger partial charge in [-0.05, 0) is 55.2 Å². The minimum atomic E-state index is -0.482. The maximum absolute atomic E-state index is 12.9. The van der Waals surface area contributed by atoms with Crippen molar-refractivity contribution in [3.8, 4) is 11.8 Å². The van der Waals surface area contributed by atoms with Gasteiger partial charge in [-0.2, -0.15) is 5.26 Å². The number of anilines is 1. The van der Waals surface area contributed by atoms with Crippen LogP contribution in [0.25, 0.3) is 0 Å². The van der Waals surface area contributed by atoms with Gasteiger partial charge >= 0.3 is 0 Å². The number of nitriles is 1. The zero-order valence-electron chi connectivity index (χ0n) is 22.4. The van der Waals surface area contributed by atoms with Crippen molar-refractivity contribution in [3.63, 3.8) is 0 Å². The molecule has 1 N–H and O–H groups in total. The number of rotatable bonds is 9. The van der Waals surface area contributed by atoms with Crippen molar-refractivity contribution >= 4 is 57.2 Å². The van der Waals surface area contributed by atoms with Crippen molar-refractivity contribution in [3.05, 3.63) is 62.7 Å². The van der Waals surface area contributed by atoms with E-state index >= 15 is 0 Å². The summed E-state index contributed by atoms with van der Waals surface area (Å²) in [7, 11) is 0. The number of carbonyl (C=O) groups excluding carboxylic acids is 1. The maximum Gasteiger partial charge on any atom is 0.235 e. The highest BCUT2D eigenvalue weighted by atomic mass is 35.5. The van der Waals surface area contributed by atoms with Gasteiger partial charge in [0, 0.05) is 22.5 Å². The van der Waals surface area contributed by atoms with Crippen LogP contribution in [0.3, 0.4) is 0 Å². The Morgan fingerprint density at radius 3 is 2.87 bits per heavy atom. The van der Waals surface area contributed by atoms with E-state index in [0.717, 1.165) is 24.8 Å². The van der Waals surface area contributed by atoms with E-state index in [2.05, 4.69) is 48.9 Å². The Morgan fingerprint density at radius 1 is 1.41 bits per heavy atom. The Bertz CT molecular complexity index is 1420. The van der Waals surface area contributed by atoms with Crippen LogP contribution in [0.4, 0.5) is 5.00 Å². The highest BCUT2D eigenvalue weighted by Crippen LogP contribution is 2.44. The summed E-state index contributed by atoms with van der Waals surface area (Å²) in [4.78, 5) is 14.2. The standard InChI is InChI=1S/C28H31Cl2N5O2S2/c1-6-11-35-25(16(2)37-22-13-18(29)8-10-21(22)30)33-34-27(35)38-15-24(36)32-26-20(14-31)19-9-7-17(28(3,4)5)12-23(19)39-26/h6,8,10,13,16-17H,1,7,9,11-12,15H2,2-5H3,(H,32,36). The molecule has 206 valence electrons. The van der Waals surface area contributed by atoms with Gasteiger partial charge < -0.3 is 10.1 Å². The van der Waals surface area contributed by atoms with E-state index in [-0.39, 0.29) is 17.1 Å². The van der Waals surface area contributed by atoms with Crippen LogP contribution in [-0.4, -0.2) is 26.4 Å². The molecule has 2 heterocycles. The molecule has 0 radical (unpaired) electrons. The number of thiophene rings is 1. The van der Waals surface area contributed by atoms with E-state index in [1.807, 2.05) is 11.5 Å². The smallest absolute Gasteiger partial charge is 0.235 e. The SMILES string of the molecule is C=CCn1c(SCC(=O)Nc2sc3c(c2C#N)CCC(C(C)(C)C)C3)nnc1C(C)Oc1cc(Cl)ccc1Cl. The number of nitrogens with one attached hydrogen (secondary N) is 1. The molecule has 0 saturated carbocycles. The largest absolute Gasteiger partial charge is 0.481 e. The molecular weight excluding hydrogens is 573 g/mol. The third kappa shape index (κ3) is 6.80. The molecule has 0 bridgehead atoms. The van der Waals surface area contributed by atoms with Crippen molar-refractivity contribution in [1.82, 2.24) is 14.8 Å². The van der Waals surface area contributed by atoms with Gasteiger partial charge in [0.1, 0.15) is 16.8 Å². The number of hydrogen-bond donors (Lipinski definition) is 1. The van der Waals surface area contributed by atoms with Crippen LogP contribution < -0.4 is 10.1 Å². The van der Waals surface area contributed by atoms with E-state index in [9.17, 15) is 10.1 Å². The van der Waals surface area contributed by atoms with Gasteiger partial charge in [0.15, 0.2) is 17.1 Å². The Labute approximate surface area is 247 Å². The Hall–Kier alpha value is -2.51. The molecule has 11 heteroatoms. The van der Waals surface area contributed by atoms with E-state index < -0.39 is 6.10 Å². The number of halogens is 2. The fourth-order valence-corrected chi connectivity index (χ4v) is 7.02. The molecule has 3 aromatic rings. The van der Waals surface area contributed by atoms with Crippen LogP contribution in [0.2, 0.25) is 10.0 Å².